The first kappa shape index (κ1) is 19.3. The van der Waals surface area contributed by atoms with Crippen LogP contribution in [0.25, 0.3) is 0 Å². The lowest BCUT2D eigenvalue weighted by atomic mass is 10.0. The monoisotopic (exact) mass is 346 g/mol. The van der Waals surface area contributed by atoms with Crippen LogP contribution in [0.15, 0.2) is 30.9 Å². The van der Waals surface area contributed by atoms with Crippen molar-refractivity contribution in [2.45, 2.75) is 38.6 Å². The van der Waals surface area contributed by atoms with Crippen molar-refractivity contribution in [1.82, 2.24) is 10.2 Å². The average Bonchev–Trinajstić information content (AvgIpc) is 2.65. The summed E-state index contributed by atoms with van der Waals surface area (Å²) in [5.74, 6) is 1.30. The maximum Gasteiger partial charge on any atom is 0.260 e. The highest BCUT2D eigenvalue weighted by Crippen LogP contribution is 2.28. The van der Waals surface area contributed by atoms with Crippen LogP contribution in [-0.2, 0) is 11.2 Å². The molecule has 2 rings (SSSR count). The van der Waals surface area contributed by atoms with Gasteiger partial charge in [0.1, 0.15) is 0 Å². The molecular formula is C20H30N2O3. The third-order valence-corrected chi connectivity index (χ3v) is 4.49. The van der Waals surface area contributed by atoms with E-state index in [1.165, 1.54) is 0 Å². The molecule has 0 atom stereocenters. The molecule has 5 heteroatoms. The predicted octanol–water partition coefficient (Wildman–Crippen LogP) is 2.79. The number of allylic oxidation sites excluding steroid dienone is 1. The van der Waals surface area contributed by atoms with Gasteiger partial charge in [0.15, 0.2) is 18.1 Å². The van der Waals surface area contributed by atoms with Gasteiger partial charge in [-0.05, 0) is 56.5 Å². The van der Waals surface area contributed by atoms with Crippen molar-refractivity contribution in [1.29, 1.82) is 0 Å². The van der Waals surface area contributed by atoms with Gasteiger partial charge in [-0.2, -0.15) is 0 Å². The number of ether oxygens (including phenoxy) is 2. The number of hydrogen-bond donors (Lipinski definition) is 1. The first-order valence-electron chi connectivity index (χ1n) is 9.10. The molecule has 0 bridgehead atoms. The summed E-state index contributed by atoms with van der Waals surface area (Å²) in [5.41, 5.74) is 1.10. The van der Waals surface area contributed by atoms with E-state index >= 15 is 0 Å². The molecule has 1 aliphatic rings. The molecular weight excluding hydrogens is 316 g/mol. The molecule has 25 heavy (non-hydrogen) atoms. The Kier molecular flexibility index (Phi) is 7.79. The molecule has 1 aromatic rings. The summed E-state index contributed by atoms with van der Waals surface area (Å²) in [6.45, 7) is 8.61. The van der Waals surface area contributed by atoms with Crippen LogP contribution >= 0.6 is 0 Å². The van der Waals surface area contributed by atoms with Gasteiger partial charge in [-0.25, -0.2) is 0 Å². The highest BCUT2D eigenvalue weighted by Gasteiger charge is 2.25. The maximum atomic E-state index is 12.7. The minimum Gasteiger partial charge on any atom is -0.493 e. The van der Waals surface area contributed by atoms with Gasteiger partial charge >= 0.3 is 0 Å². The van der Waals surface area contributed by atoms with E-state index < -0.39 is 0 Å². The highest BCUT2D eigenvalue weighted by atomic mass is 16.5. The summed E-state index contributed by atoms with van der Waals surface area (Å²) < 4.78 is 11.2. The molecule has 5 nitrogen and oxygen atoms in total. The van der Waals surface area contributed by atoms with Crippen LogP contribution in [0.3, 0.4) is 0 Å². The summed E-state index contributed by atoms with van der Waals surface area (Å²) in [7, 11) is 1.61. The van der Waals surface area contributed by atoms with Gasteiger partial charge in [0, 0.05) is 12.6 Å². The number of nitrogens with one attached hydrogen (secondary N) is 1. The second-order valence-corrected chi connectivity index (χ2v) is 6.33. The van der Waals surface area contributed by atoms with Gasteiger partial charge in [-0.15, -0.1) is 6.58 Å². The lowest BCUT2D eigenvalue weighted by Crippen LogP contribution is -2.48. The Hall–Kier alpha value is -2.01. The zero-order valence-corrected chi connectivity index (χ0v) is 15.4. The number of nitrogens with zero attached hydrogens (tertiary/aromatic N) is 1. The van der Waals surface area contributed by atoms with Gasteiger partial charge in [-0.3, -0.25) is 4.79 Å². The van der Waals surface area contributed by atoms with Crippen LogP contribution in [0.5, 0.6) is 11.5 Å². The quantitative estimate of drug-likeness (QED) is 0.699. The summed E-state index contributed by atoms with van der Waals surface area (Å²) in [4.78, 5) is 14.7. The van der Waals surface area contributed by atoms with Crippen LogP contribution in [0.2, 0.25) is 0 Å². The minimum atomic E-state index is 0.0428. The molecule has 1 N–H and O–H groups in total. The Labute approximate surface area is 151 Å². The SMILES string of the molecule is C=CCc1ccc(OCC(=O)N(CCC)C2CCNCC2)c(OC)c1. The van der Waals surface area contributed by atoms with E-state index in [1.54, 1.807) is 7.11 Å². The van der Waals surface area contributed by atoms with Crippen LogP contribution in [-0.4, -0.2) is 50.2 Å². The van der Waals surface area contributed by atoms with E-state index in [1.807, 2.05) is 29.2 Å². The summed E-state index contributed by atoms with van der Waals surface area (Å²) >= 11 is 0. The largest absolute Gasteiger partial charge is 0.493 e. The van der Waals surface area contributed by atoms with Crippen molar-refractivity contribution in [3.63, 3.8) is 0 Å². The molecule has 1 aromatic carbocycles. The molecule has 1 fully saturated rings. The van der Waals surface area contributed by atoms with Crippen LogP contribution < -0.4 is 14.8 Å². The maximum absolute atomic E-state index is 12.7. The van der Waals surface area contributed by atoms with Gasteiger partial charge in [0.2, 0.25) is 0 Å². The Balaban J connectivity index is 2.00. The van der Waals surface area contributed by atoms with E-state index in [-0.39, 0.29) is 12.5 Å². The van der Waals surface area contributed by atoms with Gasteiger partial charge < -0.3 is 19.7 Å². The third kappa shape index (κ3) is 5.49. The molecule has 1 saturated heterocycles. The molecule has 0 spiro atoms. The van der Waals surface area contributed by atoms with E-state index in [2.05, 4.69) is 18.8 Å². The fourth-order valence-corrected chi connectivity index (χ4v) is 3.22. The van der Waals surface area contributed by atoms with Crippen LogP contribution in [0.1, 0.15) is 31.7 Å². The van der Waals surface area contributed by atoms with Gasteiger partial charge in [0.05, 0.1) is 7.11 Å². The van der Waals surface area contributed by atoms with Crippen molar-refractivity contribution in [3.05, 3.63) is 36.4 Å². The molecule has 0 unspecified atom stereocenters. The summed E-state index contributed by atoms with van der Waals surface area (Å²) in [6.07, 6.45) is 5.59. The smallest absolute Gasteiger partial charge is 0.260 e. The molecule has 0 radical (unpaired) electrons. The minimum absolute atomic E-state index is 0.0428. The molecule has 138 valence electrons. The summed E-state index contributed by atoms with van der Waals surface area (Å²) in [5, 5.41) is 3.35. The van der Waals surface area contributed by atoms with Crippen molar-refractivity contribution >= 4 is 5.91 Å². The zero-order chi connectivity index (χ0) is 18.1. The lowest BCUT2D eigenvalue weighted by Gasteiger charge is -2.34. The topological polar surface area (TPSA) is 50.8 Å². The van der Waals surface area contributed by atoms with E-state index in [0.29, 0.717) is 17.5 Å². The first-order chi connectivity index (χ1) is 12.2. The molecule has 0 saturated carbocycles. The Morgan fingerprint density at radius 1 is 1.36 bits per heavy atom. The fourth-order valence-electron chi connectivity index (χ4n) is 3.22. The Morgan fingerprint density at radius 3 is 2.76 bits per heavy atom. The molecule has 0 aliphatic carbocycles. The summed E-state index contributed by atoms with van der Waals surface area (Å²) in [6, 6.07) is 6.08. The highest BCUT2D eigenvalue weighted by molar-refractivity contribution is 5.78. The number of amides is 1. The van der Waals surface area contributed by atoms with E-state index in [9.17, 15) is 4.79 Å². The van der Waals surface area contributed by atoms with Crippen LogP contribution in [0, 0.1) is 0 Å². The van der Waals surface area contributed by atoms with Gasteiger partial charge in [0.25, 0.3) is 5.91 Å². The van der Waals surface area contributed by atoms with Crippen LogP contribution in [0.4, 0.5) is 0 Å². The third-order valence-electron chi connectivity index (χ3n) is 4.49. The average molecular weight is 346 g/mol. The number of hydrogen-bond acceptors (Lipinski definition) is 4. The van der Waals surface area contributed by atoms with Gasteiger partial charge in [-0.1, -0.05) is 19.1 Å². The molecule has 1 aliphatic heterocycles. The number of carbonyl (C=O) groups excluding carboxylic acids is 1. The standard InChI is InChI=1S/C20H30N2O3/c1-4-6-16-7-8-18(19(14-16)24-3)25-15-20(23)22(13-5-2)17-9-11-21-12-10-17/h4,7-8,14,17,21H,1,5-6,9-13,15H2,2-3H3. The first-order valence-corrected chi connectivity index (χ1v) is 9.10. The Bertz CT molecular complexity index is 568. The van der Waals surface area contributed by atoms with E-state index in [4.69, 9.17) is 9.47 Å². The number of carbonyl (C=O) groups is 1. The number of benzene rings is 1. The zero-order valence-electron chi connectivity index (χ0n) is 15.4. The fraction of sp³-hybridized carbons (Fsp3) is 0.550. The van der Waals surface area contributed by atoms with Crippen molar-refractivity contribution in [2.24, 2.45) is 0 Å². The molecule has 1 amide bonds. The molecule has 0 aromatic heterocycles. The normalized spacial score (nSPS) is 14.8. The second kappa shape index (κ2) is 10.1. The molecule has 1 heterocycles. The van der Waals surface area contributed by atoms with E-state index in [0.717, 1.165) is 50.9 Å². The number of piperidine rings is 1. The predicted molar refractivity (Wildman–Crippen MR) is 100 cm³/mol. The van der Waals surface area contributed by atoms with Crippen molar-refractivity contribution in [2.75, 3.05) is 33.4 Å². The number of methoxy groups -OCH3 is 1. The van der Waals surface area contributed by atoms with Crippen molar-refractivity contribution in [3.8, 4) is 11.5 Å². The Morgan fingerprint density at radius 2 is 2.12 bits per heavy atom. The number of rotatable bonds is 9. The lowest BCUT2D eigenvalue weighted by molar-refractivity contribution is -0.136. The second-order valence-electron chi connectivity index (χ2n) is 6.33. The van der Waals surface area contributed by atoms with Crippen molar-refractivity contribution < 1.29 is 14.3 Å².